The molecule has 0 unspecified atom stereocenters. The minimum absolute atomic E-state index is 0.0237. The summed E-state index contributed by atoms with van der Waals surface area (Å²) < 4.78 is 1.68. The van der Waals surface area contributed by atoms with Gasteiger partial charge in [-0.15, -0.1) is 0 Å². The molecule has 1 aromatic heterocycles. The lowest BCUT2D eigenvalue weighted by Crippen LogP contribution is -2.32. The lowest BCUT2D eigenvalue weighted by Gasteiger charge is -2.14. The first-order valence-corrected chi connectivity index (χ1v) is 9.73. The Morgan fingerprint density at radius 1 is 1.07 bits per heavy atom. The standard InChI is InChI=1S/C22H21N5O3/c1-3-14(2)25-20(28)16-6-9-18-19(10-16)22(30)27(21(18)29)17-7-4-15(5-8-17)11-26-13-23-12-24-26/h4-10,12-14H,3,11H2,1-2H3,(H,25,28)/t14-/m0/s1. The molecular weight excluding hydrogens is 382 g/mol. The highest BCUT2D eigenvalue weighted by molar-refractivity contribution is 6.34. The van der Waals surface area contributed by atoms with Crippen molar-refractivity contribution >= 4 is 23.4 Å². The van der Waals surface area contributed by atoms with Gasteiger partial charge < -0.3 is 5.32 Å². The van der Waals surface area contributed by atoms with Gasteiger partial charge in [0.25, 0.3) is 17.7 Å². The summed E-state index contributed by atoms with van der Waals surface area (Å²) in [4.78, 5) is 43.2. The smallest absolute Gasteiger partial charge is 0.266 e. The largest absolute Gasteiger partial charge is 0.350 e. The number of aromatic nitrogens is 3. The van der Waals surface area contributed by atoms with Crippen LogP contribution in [0.1, 0.15) is 56.9 Å². The third kappa shape index (κ3) is 3.59. The second kappa shape index (κ2) is 7.90. The normalized spacial score (nSPS) is 14.0. The van der Waals surface area contributed by atoms with Crippen LogP contribution in [0.3, 0.4) is 0 Å². The predicted molar refractivity (Wildman–Crippen MR) is 110 cm³/mol. The number of anilines is 1. The number of hydrogen-bond donors (Lipinski definition) is 1. The summed E-state index contributed by atoms with van der Waals surface area (Å²) in [7, 11) is 0. The van der Waals surface area contributed by atoms with Gasteiger partial charge in [-0.2, -0.15) is 5.10 Å². The molecule has 8 nitrogen and oxygen atoms in total. The van der Waals surface area contributed by atoms with Crippen LogP contribution in [0.5, 0.6) is 0 Å². The maximum atomic E-state index is 13.0. The average molecular weight is 403 g/mol. The van der Waals surface area contributed by atoms with Gasteiger partial charge in [-0.05, 0) is 49.2 Å². The van der Waals surface area contributed by atoms with Gasteiger partial charge in [-0.3, -0.25) is 14.4 Å². The van der Waals surface area contributed by atoms with Crippen LogP contribution in [0, 0.1) is 0 Å². The molecule has 0 spiro atoms. The van der Waals surface area contributed by atoms with E-state index in [9.17, 15) is 14.4 Å². The van der Waals surface area contributed by atoms with Crippen LogP contribution in [0.4, 0.5) is 5.69 Å². The topological polar surface area (TPSA) is 97.2 Å². The van der Waals surface area contributed by atoms with Gasteiger partial charge in [-0.1, -0.05) is 19.1 Å². The Kier molecular flexibility index (Phi) is 5.14. The molecule has 1 N–H and O–H groups in total. The SMILES string of the molecule is CC[C@H](C)NC(=O)c1ccc2c(c1)C(=O)N(c1ccc(Cn3cncn3)cc1)C2=O. The highest BCUT2D eigenvalue weighted by Crippen LogP contribution is 2.29. The van der Waals surface area contributed by atoms with Crippen LogP contribution in [-0.2, 0) is 6.54 Å². The van der Waals surface area contributed by atoms with E-state index in [-0.39, 0.29) is 17.5 Å². The Labute approximate surface area is 173 Å². The highest BCUT2D eigenvalue weighted by Gasteiger charge is 2.37. The first kappa shape index (κ1) is 19.5. The molecule has 152 valence electrons. The Morgan fingerprint density at radius 2 is 1.80 bits per heavy atom. The molecule has 3 aromatic rings. The molecule has 0 radical (unpaired) electrons. The van der Waals surface area contributed by atoms with Crippen molar-refractivity contribution in [3.05, 3.63) is 77.4 Å². The fourth-order valence-electron chi connectivity index (χ4n) is 3.28. The van der Waals surface area contributed by atoms with Crippen molar-refractivity contribution in [2.75, 3.05) is 4.90 Å². The zero-order valence-corrected chi connectivity index (χ0v) is 16.7. The second-order valence-corrected chi connectivity index (χ2v) is 7.25. The van der Waals surface area contributed by atoms with Gasteiger partial charge in [0.2, 0.25) is 0 Å². The number of rotatable bonds is 6. The number of fused-ring (bicyclic) bond motifs is 1. The monoisotopic (exact) mass is 403 g/mol. The molecule has 0 saturated heterocycles. The van der Waals surface area contributed by atoms with Gasteiger partial charge in [-0.25, -0.2) is 14.6 Å². The van der Waals surface area contributed by atoms with Crippen LogP contribution >= 0.6 is 0 Å². The Morgan fingerprint density at radius 3 is 2.47 bits per heavy atom. The van der Waals surface area contributed by atoms with Crippen LogP contribution in [0.2, 0.25) is 0 Å². The summed E-state index contributed by atoms with van der Waals surface area (Å²) in [6.07, 6.45) is 3.88. The van der Waals surface area contributed by atoms with Crippen molar-refractivity contribution in [2.45, 2.75) is 32.9 Å². The molecule has 0 aliphatic carbocycles. The zero-order chi connectivity index (χ0) is 21.3. The molecule has 1 aliphatic rings. The van der Waals surface area contributed by atoms with E-state index in [1.54, 1.807) is 35.3 Å². The number of nitrogens with zero attached hydrogens (tertiary/aromatic N) is 4. The van der Waals surface area contributed by atoms with Crippen LogP contribution in [0.25, 0.3) is 0 Å². The van der Waals surface area contributed by atoms with Crippen molar-refractivity contribution in [3.8, 4) is 0 Å². The number of benzene rings is 2. The van der Waals surface area contributed by atoms with Crippen molar-refractivity contribution in [1.29, 1.82) is 0 Å². The van der Waals surface area contributed by atoms with Crippen molar-refractivity contribution in [1.82, 2.24) is 20.1 Å². The molecule has 3 amide bonds. The fourth-order valence-corrected chi connectivity index (χ4v) is 3.28. The molecule has 0 fully saturated rings. The Bertz CT molecular complexity index is 1110. The number of amides is 3. The highest BCUT2D eigenvalue weighted by atomic mass is 16.2. The quantitative estimate of drug-likeness (QED) is 0.638. The summed E-state index contributed by atoms with van der Waals surface area (Å²) in [6.45, 7) is 4.43. The predicted octanol–water partition coefficient (Wildman–Crippen LogP) is 2.66. The number of carbonyl (C=O) groups is 3. The minimum atomic E-state index is -0.433. The molecule has 8 heteroatoms. The van der Waals surface area contributed by atoms with Crippen molar-refractivity contribution in [3.63, 3.8) is 0 Å². The zero-order valence-electron chi connectivity index (χ0n) is 16.7. The third-order valence-electron chi connectivity index (χ3n) is 5.14. The number of imide groups is 1. The van der Waals surface area contributed by atoms with E-state index in [2.05, 4.69) is 15.4 Å². The van der Waals surface area contributed by atoms with Gasteiger partial charge >= 0.3 is 0 Å². The van der Waals surface area contributed by atoms with Crippen LogP contribution in [0.15, 0.2) is 55.1 Å². The third-order valence-corrected chi connectivity index (χ3v) is 5.14. The van der Waals surface area contributed by atoms with Crippen LogP contribution < -0.4 is 10.2 Å². The number of nitrogens with one attached hydrogen (secondary N) is 1. The molecule has 30 heavy (non-hydrogen) atoms. The molecular formula is C22H21N5O3. The lowest BCUT2D eigenvalue weighted by atomic mass is 10.0. The van der Waals surface area contributed by atoms with E-state index >= 15 is 0 Å². The number of carbonyl (C=O) groups excluding carboxylic acids is 3. The second-order valence-electron chi connectivity index (χ2n) is 7.25. The van der Waals surface area contributed by atoms with E-state index < -0.39 is 11.8 Å². The fraction of sp³-hybridized carbons (Fsp3) is 0.227. The van der Waals surface area contributed by atoms with Crippen molar-refractivity contribution < 1.29 is 14.4 Å². The molecule has 0 saturated carbocycles. The minimum Gasteiger partial charge on any atom is -0.350 e. The average Bonchev–Trinajstić information content (AvgIpc) is 3.35. The molecule has 0 bridgehead atoms. The summed E-state index contributed by atoms with van der Waals surface area (Å²) in [5, 5.41) is 6.93. The molecule has 4 rings (SSSR count). The van der Waals surface area contributed by atoms with E-state index in [0.717, 1.165) is 16.9 Å². The van der Waals surface area contributed by atoms with E-state index in [4.69, 9.17) is 0 Å². The lowest BCUT2D eigenvalue weighted by molar-refractivity contribution is 0.0921. The van der Waals surface area contributed by atoms with Crippen LogP contribution in [-0.4, -0.2) is 38.5 Å². The summed E-state index contributed by atoms with van der Waals surface area (Å²) in [6, 6.07) is 11.8. The van der Waals surface area contributed by atoms with E-state index in [1.807, 2.05) is 26.0 Å². The summed E-state index contributed by atoms with van der Waals surface area (Å²) >= 11 is 0. The molecule has 1 aliphatic heterocycles. The van der Waals surface area contributed by atoms with Gasteiger partial charge in [0.05, 0.1) is 23.4 Å². The van der Waals surface area contributed by atoms with Crippen molar-refractivity contribution in [2.24, 2.45) is 0 Å². The molecule has 1 atom stereocenters. The first-order chi connectivity index (χ1) is 14.5. The van der Waals surface area contributed by atoms with E-state index in [0.29, 0.717) is 23.4 Å². The van der Waals surface area contributed by atoms with Gasteiger partial charge in [0.1, 0.15) is 12.7 Å². The number of hydrogen-bond acceptors (Lipinski definition) is 5. The Balaban J connectivity index is 1.56. The van der Waals surface area contributed by atoms with Gasteiger partial charge in [0.15, 0.2) is 0 Å². The first-order valence-electron chi connectivity index (χ1n) is 9.73. The molecule has 2 heterocycles. The molecule has 2 aromatic carbocycles. The van der Waals surface area contributed by atoms with Gasteiger partial charge in [0, 0.05) is 11.6 Å². The van der Waals surface area contributed by atoms with E-state index in [1.165, 1.54) is 12.4 Å². The summed E-state index contributed by atoms with van der Waals surface area (Å²) in [5.74, 6) is -1.09. The summed E-state index contributed by atoms with van der Waals surface area (Å²) in [5.41, 5.74) is 2.34. The maximum Gasteiger partial charge on any atom is 0.266 e. The maximum absolute atomic E-state index is 13.0. The Hall–Kier alpha value is -3.81.